The molecule has 0 aromatic carbocycles. The van der Waals surface area contributed by atoms with Crippen LogP contribution >= 0.6 is 0 Å². The van der Waals surface area contributed by atoms with Crippen molar-refractivity contribution >= 4 is 0 Å². The first kappa shape index (κ1) is 6.70. The molecule has 11 heavy (non-hydrogen) atoms. The van der Waals surface area contributed by atoms with Gasteiger partial charge in [-0.1, -0.05) is 0 Å². The molecule has 1 aromatic rings. The molecule has 2 rings (SSSR count). The Bertz CT molecular complexity index is 315. The number of hydrogen-bond donors (Lipinski definition) is 0. The van der Waals surface area contributed by atoms with Gasteiger partial charge in [-0.25, -0.2) is 4.79 Å². The second-order valence-corrected chi connectivity index (χ2v) is 3.15. The third kappa shape index (κ3) is 0.708. The molecule has 0 fully saturated rings. The van der Waals surface area contributed by atoms with Crippen molar-refractivity contribution < 1.29 is 0 Å². The molecule has 0 saturated heterocycles. The van der Waals surface area contributed by atoms with Crippen LogP contribution in [0.5, 0.6) is 0 Å². The van der Waals surface area contributed by atoms with Crippen molar-refractivity contribution in [2.24, 2.45) is 14.1 Å². The summed E-state index contributed by atoms with van der Waals surface area (Å²) in [6, 6.07) is 0. The van der Waals surface area contributed by atoms with E-state index in [4.69, 9.17) is 0 Å². The molecule has 1 heterocycles. The summed E-state index contributed by atoms with van der Waals surface area (Å²) in [4.78, 5) is 11.3. The van der Waals surface area contributed by atoms with E-state index in [9.17, 15) is 4.79 Å². The van der Waals surface area contributed by atoms with Crippen molar-refractivity contribution in [3.63, 3.8) is 0 Å². The second-order valence-electron chi connectivity index (χ2n) is 3.15. The minimum absolute atomic E-state index is 0.120. The van der Waals surface area contributed by atoms with Gasteiger partial charge < -0.3 is 0 Å². The Morgan fingerprint density at radius 1 is 1.09 bits per heavy atom. The van der Waals surface area contributed by atoms with E-state index in [-0.39, 0.29) is 5.69 Å². The summed E-state index contributed by atoms with van der Waals surface area (Å²) in [6.07, 6.45) is 3.34. The van der Waals surface area contributed by atoms with Gasteiger partial charge in [-0.3, -0.25) is 9.13 Å². The fourth-order valence-corrected chi connectivity index (χ4v) is 1.89. The van der Waals surface area contributed by atoms with Gasteiger partial charge >= 0.3 is 5.69 Å². The fourth-order valence-electron chi connectivity index (χ4n) is 1.89. The largest absolute Gasteiger partial charge is 0.328 e. The quantitative estimate of drug-likeness (QED) is 0.522. The monoisotopic (exact) mass is 152 g/mol. The molecule has 3 heteroatoms. The van der Waals surface area contributed by atoms with Crippen molar-refractivity contribution in [1.82, 2.24) is 9.13 Å². The van der Waals surface area contributed by atoms with Gasteiger partial charge in [0.25, 0.3) is 0 Å². The average Bonchev–Trinajstić information content (AvgIpc) is 2.53. The van der Waals surface area contributed by atoms with E-state index in [1.807, 2.05) is 14.1 Å². The zero-order valence-corrected chi connectivity index (χ0v) is 6.92. The van der Waals surface area contributed by atoms with E-state index in [2.05, 4.69) is 0 Å². The molecule has 1 aromatic heterocycles. The minimum Gasteiger partial charge on any atom is -0.299 e. The highest BCUT2D eigenvalue weighted by Crippen LogP contribution is 2.18. The van der Waals surface area contributed by atoms with Crippen molar-refractivity contribution in [2.75, 3.05) is 0 Å². The summed E-state index contributed by atoms with van der Waals surface area (Å²) in [5.74, 6) is 0. The number of nitrogens with zero attached hydrogens (tertiary/aromatic N) is 2. The number of imidazole rings is 1. The third-order valence-electron chi connectivity index (χ3n) is 2.54. The van der Waals surface area contributed by atoms with Gasteiger partial charge in [0.15, 0.2) is 0 Å². The molecule has 60 valence electrons. The molecular formula is C8H12N2O. The smallest absolute Gasteiger partial charge is 0.299 e. The summed E-state index contributed by atoms with van der Waals surface area (Å²) in [7, 11) is 3.71. The van der Waals surface area contributed by atoms with Crippen molar-refractivity contribution in [3.05, 3.63) is 21.9 Å². The Hall–Kier alpha value is -0.990. The summed E-state index contributed by atoms with van der Waals surface area (Å²) < 4.78 is 3.53. The van der Waals surface area contributed by atoms with Gasteiger partial charge in [0.05, 0.1) is 0 Å². The molecule has 0 atom stereocenters. The molecule has 1 aliphatic rings. The SMILES string of the molecule is Cn1c2c(n(C)c1=O)CCC2. The Balaban J connectivity index is 2.78. The minimum atomic E-state index is 0.120. The number of rotatable bonds is 0. The maximum absolute atomic E-state index is 11.3. The van der Waals surface area contributed by atoms with Crippen LogP contribution in [-0.2, 0) is 26.9 Å². The normalized spacial score (nSPS) is 15.5. The standard InChI is InChI=1S/C8H12N2O/c1-9-6-4-3-5-7(6)10(2)8(9)11/h3-5H2,1-2H3. The zero-order chi connectivity index (χ0) is 8.01. The Labute approximate surface area is 65.3 Å². The highest BCUT2D eigenvalue weighted by atomic mass is 16.1. The first-order valence-electron chi connectivity index (χ1n) is 3.95. The van der Waals surface area contributed by atoms with Crippen LogP contribution < -0.4 is 5.69 Å². The molecule has 0 N–H and O–H groups in total. The summed E-state index contributed by atoms with van der Waals surface area (Å²) in [6.45, 7) is 0. The molecule has 0 bridgehead atoms. The first-order valence-corrected chi connectivity index (χ1v) is 3.95. The molecule has 0 unspecified atom stereocenters. The van der Waals surface area contributed by atoms with E-state index >= 15 is 0 Å². The van der Waals surface area contributed by atoms with Crippen LogP contribution in [0.1, 0.15) is 17.8 Å². The maximum atomic E-state index is 11.3. The van der Waals surface area contributed by atoms with Gasteiger partial charge in [0, 0.05) is 25.5 Å². The van der Waals surface area contributed by atoms with E-state index in [1.54, 1.807) is 9.13 Å². The Morgan fingerprint density at radius 2 is 1.55 bits per heavy atom. The zero-order valence-electron chi connectivity index (χ0n) is 6.92. The van der Waals surface area contributed by atoms with Gasteiger partial charge in [0.1, 0.15) is 0 Å². The molecule has 0 spiro atoms. The summed E-state index contributed by atoms with van der Waals surface area (Å²) in [5, 5.41) is 0. The van der Waals surface area contributed by atoms with Crippen LogP contribution in [-0.4, -0.2) is 9.13 Å². The summed E-state index contributed by atoms with van der Waals surface area (Å²) >= 11 is 0. The van der Waals surface area contributed by atoms with Crippen LogP contribution in [0.3, 0.4) is 0 Å². The molecule has 3 nitrogen and oxygen atoms in total. The predicted octanol–water partition coefficient (Wildman–Crippen LogP) is 0.212. The molecular weight excluding hydrogens is 140 g/mol. The fraction of sp³-hybridized carbons (Fsp3) is 0.625. The van der Waals surface area contributed by atoms with Crippen molar-refractivity contribution in [2.45, 2.75) is 19.3 Å². The van der Waals surface area contributed by atoms with Gasteiger partial charge in [-0.05, 0) is 19.3 Å². The molecule has 1 aliphatic carbocycles. The molecule has 0 amide bonds. The Morgan fingerprint density at radius 3 is 2.00 bits per heavy atom. The molecule has 0 radical (unpaired) electrons. The van der Waals surface area contributed by atoms with Crippen LogP contribution in [0.4, 0.5) is 0 Å². The number of fused-ring (bicyclic) bond motifs is 1. The van der Waals surface area contributed by atoms with E-state index in [0.717, 1.165) is 12.8 Å². The van der Waals surface area contributed by atoms with Crippen LogP contribution in [0.15, 0.2) is 4.79 Å². The van der Waals surface area contributed by atoms with Gasteiger partial charge in [-0.2, -0.15) is 0 Å². The lowest BCUT2D eigenvalue weighted by molar-refractivity contribution is 0.705. The van der Waals surface area contributed by atoms with Crippen LogP contribution in [0.2, 0.25) is 0 Å². The lowest BCUT2D eigenvalue weighted by Gasteiger charge is -1.92. The Kier molecular flexibility index (Phi) is 1.22. The average molecular weight is 152 g/mol. The lowest BCUT2D eigenvalue weighted by atomic mass is 10.3. The number of aromatic nitrogens is 2. The van der Waals surface area contributed by atoms with Crippen LogP contribution in [0, 0.1) is 0 Å². The van der Waals surface area contributed by atoms with Crippen molar-refractivity contribution in [3.8, 4) is 0 Å². The highest BCUT2D eigenvalue weighted by molar-refractivity contribution is 5.19. The van der Waals surface area contributed by atoms with Gasteiger partial charge in [-0.15, -0.1) is 0 Å². The van der Waals surface area contributed by atoms with Gasteiger partial charge in [0.2, 0.25) is 0 Å². The van der Waals surface area contributed by atoms with E-state index < -0.39 is 0 Å². The summed E-state index contributed by atoms with van der Waals surface area (Å²) in [5.41, 5.74) is 2.59. The third-order valence-corrected chi connectivity index (χ3v) is 2.54. The van der Waals surface area contributed by atoms with Crippen LogP contribution in [0.25, 0.3) is 0 Å². The van der Waals surface area contributed by atoms with Crippen molar-refractivity contribution in [1.29, 1.82) is 0 Å². The predicted molar refractivity (Wildman–Crippen MR) is 42.7 cm³/mol. The van der Waals surface area contributed by atoms with E-state index in [1.165, 1.54) is 17.8 Å². The first-order chi connectivity index (χ1) is 5.22. The molecule has 0 aliphatic heterocycles. The van der Waals surface area contributed by atoms with E-state index in [0.29, 0.717) is 0 Å². The molecule has 0 saturated carbocycles. The number of hydrogen-bond acceptors (Lipinski definition) is 1. The maximum Gasteiger partial charge on any atom is 0.328 e. The second kappa shape index (κ2) is 2.00. The topological polar surface area (TPSA) is 26.9 Å². The highest BCUT2D eigenvalue weighted by Gasteiger charge is 2.19. The lowest BCUT2D eigenvalue weighted by Crippen LogP contribution is -2.21.